The molecule has 1 N–H and O–H groups in total. The van der Waals surface area contributed by atoms with E-state index in [0.717, 1.165) is 22.4 Å². The molecule has 0 spiro atoms. The Morgan fingerprint density at radius 2 is 2.00 bits per heavy atom. The normalized spacial score (nSPS) is 11.0. The molecule has 0 radical (unpaired) electrons. The number of rotatable bonds is 4. The fourth-order valence-electron chi connectivity index (χ4n) is 2.02. The van der Waals surface area contributed by atoms with Crippen LogP contribution in [0.5, 0.6) is 0 Å². The lowest BCUT2D eigenvalue weighted by atomic mass is 10.2. The molecule has 1 aromatic carbocycles. The van der Waals surface area contributed by atoms with Crippen LogP contribution in [0.25, 0.3) is 11.0 Å². The van der Waals surface area contributed by atoms with Crippen molar-refractivity contribution in [3.8, 4) is 0 Å². The molecule has 3 rings (SSSR count). The lowest BCUT2D eigenvalue weighted by Crippen LogP contribution is -2.04. The Kier molecular flexibility index (Phi) is 3.74. The Labute approximate surface area is 125 Å². The lowest BCUT2D eigenvalue weighted by Gasteiger charge is -2.08. The van der Waals surface area contributed by atoms with Crippen LogP contribution in [0.2, 0.25) is 0 Å². The third kappa shape index (κ3) is 2.82. The number of aromatic nitrogens is 4. The van der Waals surface area contributed by atoms with Crippen molar-refractivity contribution >= 4 is 28.6 Å². The quantitative estimate of drug-likeness (QED) is 0.593. The van der Waals surface area contributed by atoms with Crippen molar-refractivity contribution < 1.29 is 4.39 Å². The maximum Gasteiger partial charge on any atom is 0.191 e. The van der Waals surface area contributed by atoms with Crippen LogP contribution in [0.15, 0.2) is 35.6 Å². The third-order valence-electron chi connectivity index (χ3n) is 3.13. The molecule has 5 nitrogen and oxygen atoms in total. The van der Waals surface area contributed by atoms with Crippen molar-refractivity contribution in [1.29, 1.82) is 0 Å². The first-order valence-corrected chi connectivity index (χ1v) is 7.62. The molecule has 2 heterocycles. The summed E-state index contributed by atoms with van der Waals surface area (Å²) in [6.45, 7) is 0.565. The summed E-state index contributed by atoms with van der Waals surface area (Å²) in [6, 6.07) is 6.40. The Morgan fingerprint density at radius 3 is 2.71 bits per heavy atom. The third-order valence-corrected chi connectivity index (χ3v) is 3.68. The molecule has 0 unspecified atom stereocenters. The van der Waals surface area contributed by atoms with Gasteiger partial charge in [-0.05, 0) is 24.0 Å². The van der Waals surface area contributed by atoms with Gasteiger partial charge in [0.15, 0.2) is 10.8 Å². The molecule has 0 aliphatic rings. The average Bonchev–Trinajstić information content (AvgIpc) is 2.88. The number of aryl methyl sites for hydroxylation is 1. The minimum atomic E-state index is -0.236. The number of anilines is 1. The van der Waals surface area contributed by atoms with E-state index in [1.54, 1.807) is 23.0 Å². The van der Waals surface area contributed by atoms with Crippen LogP contribution in [0.3, 0.4) is 0 Å². The van der Waals surface area contributed by atoms with Gasteiger partial charge < -0.3 is 5.32 Å². The highest BCUT2D eigenvalue weighted by molar-refractivity contribution is 7.98. The molecule has 21 heavy (non-hydrogen) atoms. The summed E-state index contributed by atoms with van der Waals surface area (Å²) in [6.07, 6.45) is 3.67. The van der Waals surface area contributed by atoms with E-state index in [1.165, 1.54) is 23.9 Å². The van der Waals surface area contributed by atoms with Crippen molar-refractivity contribution in [2.24, 2.45) is 7.05 Å². The number of hydrogen-bond acceptors (Lipinski definition) is 5. The Bertz CT molecular complexity index is 769. The van der Waals surface area contributed by atoms with E-state index in [9.17, 15) is 4.39 Å². The van der Waals surface area contributed by atoms with Crippen LogP contribution in [-0.2, 0) is 13.6 Å². The largest absolute Gasteiger partial charge is 0.365 e. The molecule has 0 saturated carbocycles. The summed E-state index contributed by atoms with van der Waals surface area (Å²) in [5.74, 6) is 0.502. The van der Waals surface area contributed by atoms with E-state index in [1.807, 2.05) is 13.3 Å². The second-order valence-electron chi connectivity index (χ2n) is 4.54. The van der Waals surface area contributed by atoms with Gasteiger partial charge >= 0.3 is 0 Å². The molecule has 7 heteroatoms. The Balaban J connectivity index is 1.90. The van der Waals surface area contributed by atoms with Crippen LogP contribution >= 0.6 is 11.8 Å². The first kappa shape index (κ1) is 13.8. The number of benzene rings is 1. The highest BCUT2D eigenvalue weighted by Crippen LogP contribution is 2.23. The van der Waals surface area contributed by atoms with E-state index in [4.69, 9.17) is 0 Å². The van der Waals surface area contributed by atoms with E-state index < -0.39 is 0 Å². The SMILES string of the molecule is CSc1nc(NCc2ccc(F)cc2)c2cnn(C)c2n1. The number of nitrogens with zero attached hydrogens (tertiary/aromatic N) is 4. The molecule has 0 aliphatic carbocycles. The van der Waals surface area contributed by atoms with Crippen molar-refractivity contribution in [2.75, 3.05) is 11.6 Å². The van der Waals surface area contributed by atoms with E-state index in [-0.39, 0.29) is 5.82 Å². The maximum atomic E-state index is 12.9. The van der Waals surface area contributed by atoms with Crippen LogP contribution in [0.1, 0.15) is 5.56 Å². The van der Waals surface area contributed by atoms with Gasteiger partial charge in [-0.15, -0.1) is 0 Å². The van der Waals surface area contributed by atoms with Crippen molar-refractivity contribution in [3.05, 3.63) is 41.8 Å². The summed E-state index contributed by atoms with van der Waals surface area (Å²) in [5.41, 5.74) is 1.77. The first-order chi connectivity index (χ1) is 10.2. The van der Waals surface area contributed by atoms with Gasteiger partial charge in [-0.3, -0.25) is 4.68 Å². The van der Waals surface area contributed by atoms with E-state index in [0.29, 0.717) is 11.7 Å². The molecular formula is C14H14FN5S. The number of fused-ring (bicyclic) bond motifs is 1. The van der Waals surface area contributed by atoms with Crippen LogP contribution in [-0.4, -0.2) is 26.0 Å². The fourth-order valence-corrected chi connectivity index (χ4v) is 2.38. The molecular weight excluding hydrogens is 289 g/mol. The predicted molar refractivity (Wildman–Crippen MR) is 81.8 cm³/mol. The molecule has 2 aromatic heterocycles. The zero-order valence-electron chi connectivity index (χ0n) is 11.7. The minimum absolute atomic E-state index is 0.236. The molecule has 108 valence electrons. The molecule has 3 aromatic rings. The van der Waals surface area contributed by atoms with Crippen LogP contribution in [0, 0.1) is 5.82 Å². The van der Waals surface area contributed by atoms with Gasteiger partial charge in [0.1, 0.15) is 11.6 Å². The van der Waals surface area contributed by atoms with Gasteiger partial charge in [0.25, 0.3) is 0 Å². The van der Waals surface area contributed by atoms with Crippen LogP contribution in [0.4, 0.5) is 10.2 Å². The predicted octanol–water partition coefficient (Wildman–Crippen LogP) is 2.84. The summed E-state index contributed by atoms with van der Waals surface area (Å²) < 4.78 is 14.6. The highest BCUT2D eigenvalue weighted by atomic mass is 32.2. The first-order valence-electron chi connectivity index (χ1n) is 6.39. The smallest absolute Gasteiger partial charge is 0.191 e. The standard InChI is InChI=1S/C14H14FN5S/c1-20-13-11(8-17-20)12(18-14(19-13)21-2)16-7-9-3-5-10(15)6-4-9/h3-6,8H,7H2,1-2H3,(H,16,18,19). The average molecular weight is 303 g/mol. The van der Waals surface area contributed by atoms with E-state index in [2.05, 4.69) is 20.4 Å². The zero-order valence-corrected chi connectivity index (χ0v) is 12.5. The molecule has 0 amide bonds. The Morgan fingerprint density at radius 1 is 1.24 bits per heavy atom. The Hall–Kier alpha value is -2.15. The van der Waals surface area contributed by atoms with Gasteiger partial charge in [0, 0.05) is 13.6 Å². The number of halogens is 1. The van der Waals surface area contributed by atoms with Crippen molar-refractivity contribution in [1.82, 2.24) is 19.7 Å². The zero-order chi connectivity index (χ0) is 14.8. The van der Waals surface area contributed by atoms with Gasteiger partial charge in [-0.1, -0.05) is 23.9 Å². The second kappa shape index (κ2) is 5.69. The van der Waals surface area contributed by atoms with Gasteiger partial charge in [-0.25, -0.2) is 14.4 Å². The monoisotopic (exact) mass is 303 g/mol. The highest BCUT2D eigenvalue weighted by Gasteiger charge is 2.10. The topological polar surface area (TPSA) is 55.6 Å². The second-order valence-corrected chi connectivity index (χ2v) is 5.32. The molecule has 0 aliphatic heterocycles. The van der Waals surface area contributed by atoms with Crippen molar-refractivity contribution in [2.45, 2.75) is 11.7 Å². The number of nitrogens with one attached hydrogen (secondary N) is 1. The van der Waals surface area contributed by atoms with Crippen molar-refractivity contribution in [3.63, 3.8) is 0 Å². The number of thioether (sulfide) groups is 1. The number of hydrogen-bond donors (Lipinski definition) is 1. The molecule has 0 saturated heterocycles. The minimum Gasteiger partial charge on any atom is -0.365 e. The summed E-state index contributed by atoms with van der Waals surface area (Å²) in [7, 11) is 1.85. The fraction of sp³-hybridized carbons (Fsp3) is 0.214. The maximum absolute atomic E-state index is 12.9. The summed E-state index contributed by atoms with van der Waals surface area (Å²) >= 11 is 1.48. The van der Waals surface area contributed by atoms with Gasteiger partial charge in [-0.2, -0.15) is 5.10 Å². The summed E-state index contributed by atoms with van der Waals surface area (Å²) in [5, 5.41) is 9.05. The lowest BCUT2D eigenvalue weighted by molar-refractivity contribution is 0.627. The van der Waals surface area contributed by atoms with Gasteiger partial charge in [0.05, 0.1) is 11.6 Å². The molecule has 0 fully saturated rings. The van der Waals surface area contributed by atoms with Crippen LogP contribution < -0.4 is 5.32 Å². The summed E-state index contributed by atoms with van der Waals surface area (Å²) in [4.78, 5) is 8.92. The molecule has 0 bridgehead atoms. The molecule has 0 atom stereocenters. The van der Waals surface area contributed by atoms with Gasteiger partial charge in [0.2, 0.25) is 0 Å². The van der Waals surface area contributed by atoms with E-state index >= 15 is 0 Å².